The summed E-state index contributed by atoms with van der Waals surface area (Å²) in [6.07, 6.45) is 0.835. The number of carboxylic acid groups (broad SMARTS) is 1. The SMILES string of the molecule is O=C(O)c1c[nH]c2c(S(=O)(=O)F)cccc2c1=O. The van der Waals surface area contributed by atoms with Crippen LogP contribution in [-0.2, 0) is 10.2 Å². The molecule has 1 aromatic carbocycles. The average molecular weight is 271 g/mol. The van der Waals surface area contributed by atoms with Gasteiger partial charge in [-0.3, -0.25) is 4.79 Å². The molecule has 2 aromatic rings. The summed E-state index contributed by atoms with van der Waals surface area (Å²) in [6.45, 7) is 0. The van der Waals surface area contributed by atoms with Crippen LogP contribution in [-0.4, -0.2) is 24.5 Å². The Kier molecular flexibility index (Phi) is 2.66. The molecule has 0 unspecified atom stereocenters. The molecule has 0 aliphatic heterocycles. The van der Waals surface area contributed by atoms with E-state index in [9.17, 15) is 21.9 Å². The number of para-hydroxylation sites is 1. The molecule has 0 bridgehead atoms. The van der Waals surface area contributed by atoms with Crippen LogP contribution in [0.1, 0.15) is 10.4 Å². The van der Waals surface area contributed by atoms with Crippen molar-refractivity contribution in [1.82, 2.24) is 4.98 Å². The van der Waals surface area contributed by atoms with Crippen molar-refractivity contribution in [1.29, 1.82) is 0 Å². The highest BCUT2D eigenvalue weighted by molar-refractivity contribution is 7.86. The lowest BCUT2D eigenvalue weighted by Gasteiger charge is -2.03. The predicted molar refractivity (Wildman–Crippen MR) is 59.8 cm³/mol. The van der Waals surface area contributed by atoms with Crippen LogP contribution in [0.25, 0.3) is 10.9 Å². The quantitative estimate of drug-likeness (QED) is 0.789. The Balaban J connectivity index is 2.97. The topological polar surface area (TPSA) is 104 Å². The van der Waals surface area contributed by atoms with Gasteiger partial charge in [0.25, 0.3) is 0 Å². The molecule has 0 amide bonds. The minimum Gasteiger partial charge on any atom is -0.477 e. The van der Waals surface area contributed by atoms with E-state index in [1.54, 1.807) is 0 Å². The van der Waals surface area contributed by atoms with Gasteiger partial charge in [0, 0.05) is 11.6 Å². The summed E-state index contributed by atoms with van der Waals surface area (Å²) in [5.74, 6) is -1.45. The van der Waals surface area contributed by atoms with Crippen LogP contribution in [0.15, 0.2) is 34.1 Å². The van der Waals surface area contributed by atoms with E-state index in [1.807, 2.05) is 0 Å². The van der Waals surface area contributed by atoms with Gasteiger partial charge in [0.05, 0.1) is 5.52 Å². The molecule has 0 aliphatic carbocycles. The number of nitrogens with one attached hydrogen (secondary N) is 1. The fraction of sp³-hybridized carbons (Fsp3) is 0. The van der Waals surface area contributed by atoms with E-state index in [0.717, 1.165) is 18.3 Å². The molecule has 0 fully saturated rings. The number of hydrogen-bond donors (Lipinski definition) is 2. The molecule has 8 heteroatoms. The minimum absolute atomic E-state index is 0.200. The highest BCUT2D eigenvalue weighted by atomic mass is 32.3. The number of carboxylic acids is 1. The molecule has 94 valence electrons. The fourth-order valence-electron chi connectivity index (χ4n) is 1.59. The number of carbonyl (C=O) groups is 1. The predicted octanol–water partition coefficient (Wildman–Crippen LogP) is 0.885. The third kappa shape index (κ3) is 1.86. The summed E-state index contributed by atoms with van der Waals surface area (Å²) in [7, 11) is -5.00. The van der Waals surface area contributed by atoms with Crippen molar-refractivity contribution in [3.05, 3.63) is 40.2 Å². The van der Waals surface area contributed by atoms with Crippen LogP contribution in [0.4, 0.5) is 3.89 Å². The highest BCUT2D eigenvalue weighted by Gasteiger charge is 2.19. The number of pyridine rings is 1. The molecule has 0 atom stereocenters. The molecule has 0 radical (unpaired) electrons. The van der Waals surface area contributed by atoms with Crippen molar-refractivity contribution in [2.45, 2.75) is 4.90 Å². The molecule has 2 rings (SSSR count). The Morgan fingerprint density at radius 3 is 2.56 bits per heavy atom. The van der Waals surface area contributed by atoms with Crippen LogP contribution in [0.3, 0.4) is 0 Å². The van der Waals surface area contributed by atoms with Gasteiger partial charge in [0.1, 0.15) is 10.5 Å². The van der Waals surface area contributed by atoms with Gasteiger partial charge in [-0.25, -0.2) is 4.79 Å². The van der Waals surface area contributed by atoms with E-state index in [1.165, 1.54) is 6.07 Å². The molecule has 2 N–H and O–H groups in total. The minimum atomic E-state index is -5.00. The van der Waals surface area contributed by atoms with Crippen LogP contribution in [0.2, 0.25) is 0 Å². The van der Waals surface area contributed by atoms with E-state index in [2.05, 4.69) is 4.98 Å². The number of rotatable bonds is 2. The number of fused-ring (bicyclic) bond motifs is 1. The third-order valence-electron chi connectivity index (χ3n) is 2.37. The largest absolute Gasteiger partial charge is 0.477 e. The molecule has 6 nitrogen and oxygen atoms in total. The number of aromatic amines is 1. The maximum atomic E-state index is 13.0. The van der Waals surface area contributed by atoms with Gasteiger partial charge in [0.2, 0.25) is 5.43 Å². The second-order valence-electron chi connectivity index (χ2n) is 3.45. The van der Waals surface area contributed by atoms with Crippen LogP contribution in [0.5, 0.6) is 0 Å². The number of H-pyrrole nitrogens is 1. The van der Waals surface area contributed by atoms with Crippen LogP contribution in [0, 0.1) is 0 Å². The van der Waals surface area contributed by atoms with Crippen molar-refractivity contribution < 1.29 is 22.2 Å². The summed E-state index contributed by atoms with van der Waals surface area (Å²) < 4.78 is 34.7. The Hall–Kier alpha value is -2.22. The average Bonchev–Trinajstić information content (AvgIpc) is 2.27. The maximum Gasteiger partial charge on any atom is 0.341 e. The fourth-order valence-corrected chi connectivity index (χ4v) is 2.24. The number of hydrogen-bond acceptors (Lipinski definition) is 4. The van der Waals surface area contributed by atoms with Crippen molar-refractivity contribution in [3.63, 3.8) is 0 Å². The first-order chi connectivity index (χ1) is 8.32. The van der Waals surface area contributed by atoms with E-state index < -0.39 is 32.1 Å². The van der Waals surface area contributed by atoms with Gasteiger partial charge in [0.15, 0.2) is 0 Å². The second-order valence-corrected chi connectivity index (χ2v) is 4.77. The van der Waals surface area contributed by atoms with Gasteiger partial charge in [-0.1, -0.05) is 6.07 Å². The van der Waals surface area contributed by atoms with Crippen molar-refractivity contribution in [3.8, 4) is 0 Å². The van der Waals surface area contributed by atoms with Crippen molar-refractivity contribution in [2.75, 3.05) is 0 Å². The van der Waals surface area contributed by atoms with Gasteiger partial charge in [-0.05, 0) is 12.1 Å². The molecule has 1 aromatic heterocycles. The lowest BCUT2D eigenvalue weighted by atomic mass is 10.1. The van der Waals surface area contributed by atoms with E-state index in [-0.39, 0.29) is 10.9 Å². The molecule has 0 spiro atoms. The third-order valence-corrected chi connectivity index (χ3v) is 3.23. The molecule has 18 heavy (non-hydrogen) atoms. The standard InChI is InChI=1S/C10H6FNO5S/c11-18(16,17)7-3-1-2-5-8(7)12-4-6(9(5)13)10(14)15/h1-4H,(H,12,13)(H,14,15). The lowest BCUT2D eigenvalue weighted by molar-refractivity contribution is 0.0695. The Morgan fingerprint density at radius 1 is 1.33 bits per heavy atom. The molecular weight excluding hydrogens is 265 g/mol. The van der Waals surface area contributed by atoms with E-state index >= 15 is 0 Å². The number of aromatic nitrogens is 1. The summed E-state index contributed by atoms with van der Waals surface area (Å²) in [6, 6.07) is 3.36. The Bertz CT molecular complexity index is 809. The first kappa shape index (κ1) is 12.2. The van der Waals surface area contributed by atoms with Crippen LogP contribution >= 0.6 is 0 Å². The van der Waals surface area contributed by atoms with E-state index in [4.69, 9.17) is 5.11 Å². The molecule has 0 aliphatic rings. The first-order valence-corrected chi connectivity index (χ1v) is 6.03. The van der Waals surface area contributed by atoms with Gasteiger partial charge in [-0.15, -0.1) is 3.89 Å². The summed E-state index contributed by atoms with van der Waals surface area (Å²) in [4.78, 5) is 24.1. The van der Waals surface area contributed by atoms with Gasteiger partial charge < -0.3 is 10.1 Å². The van der Waals surface area contributed by atoms with Crippen LogP contribution < -0.4 is 5.43 Å². The maximum absolute atomic E-state index is 13.0. The normalized spacial score (nSPS) is 11.6. The smallest absolute Gasteiger partial charge is 0.341 e. The zero-order chi connectivity index (χ0) is 13.5. The second kappa shape index (κ2) is 3.91. The van der Waals surface area contributed by atoms with Crippen molar-refractivity contribution >= 4 is 27.1 Å². The van der Waals surface area contributed by atoms with Gasteiger partial charge >= 0.3 is 16.2 Å². The molecular formula is C10H6FNO5S. The summed E-state index contributed by atoms with van der Waals surface area (Å²) in [5, 5.41) is 8.54. The van der Waals surface area contributed by atoms with Gasteiger partial charge in [-0.2, -0.15) is 8.42 Å². The number of halogens is 1. The zero-order valence-corrected chi connectivity index (χ0v) is 9.49. The number of benzene rings is 1. The summed E-state index contributed by atoms with van der Waals surface area (Å²) >= 11 is 0. The first-order valence-electron chi connectivity index (χ1n) is 4.64. The van der Waals surface area contributed by atoms with Crippen molar-refractivity contribution in [2.24, 2.45) is 0 Å². The lowest BCUT2D eigenvalue weighted by Crippen LogP contribution is -2.16. The number of aromatic carboxylic acids is 1. The Labute approximate surface area is 99.9 Å². The molecule has 0 saturated heterocycles. The van der Waals surface area contributed by atoms with E-state index in [0.29, 0.717) is 0 Å². The molecule has 0 saturated carbocycles. The Morgan fingerprint density at radius 2 is 2.00 bits per heavy atom. The summed E-state index contributed by atoms with van der Waals surface area (Å²) in [5.41, 5.74) is -1.67. The highest BCUT2D eigenvalue weighted by Crippen LogP contribution is 2.20. The zero-order valence-electron chi connectivity index (χ0n) is 8.68. The monoisotopic (exact) mass is 271 g/mol. The molecule has 1 heterocycles.